The van der Waals surface area contributed by atoms with Gasteiger partial charge in [-0.3, -0.25) is 4.98 Å². The number of rotatable bonds is 3. The normalized spacial score (nSPS) is 11.0. The topological polar surface area (TPSA) is 61.8 Å². The van der Waals surface area contributed by atoms with Gasteiger partial charge in [-0.05, 0) is 42.5 Å². The SMILES string of the molecule is Oc1ccccc1-c1cccc(-c2cc3cccc(-c4ccccn4)c3[nH]2)n1. The van der Waals surface area contributed by atoms with Crippen molar-refractivity contribution < 1.29 is 5.11 Å². The van der Waals surface area contributed by atoms with Crippen LogP contribution in [-0.2, 0) is 0 Å². The van der Waals surface area contributed by atoms with Crippen LogP contribution in [-0.4, -0.2) is 20.1 Å². The molecule has 134 valence electrons. The Morgan fingerprint density at radius 3 is 2.29 bits per heavy atom. The van der Waals surface area contributed by atoms with E-state index in [4.69, 9.17) is 4.98 Å². The Morgan fingerprint density at radius 1 is 0.679 bits per heavy atom. The van der Waals surface area contributed by atoms with E-state index in [0.29, 0.717) is 0 Å². The average Bonchev–Trinajstić information content (AvgIpc) is 3.19. The predicted octanol–water partition coefficient (Wildman–Crippen LogP) is 5.66. The highest BCUT2D eigenvalue weighted by Crippen LogP contribution is 2.32. The molecule has 0 amide bonds. The Labute approximate surface area is 162 Å². The molecule has 0 spiro atoms. The van der Waals surface area contributed by atoms with Gasteiger partial charge in [0, 0.05) is 22.7 Å². The fraction of sp³-hybridized carbons (Fsp3) is 0. The second kappa shape index (κ2) is 6.67. The van der Waals surface area contributed by atoms with Gasteiger partial charge in [0.1, 0.15) is 5.75 Å². The van der Waals surface area contributed by atoms with E-state index in [1.54, 1.807) is 18.3 Å². The summed E-state index contributed by atoms with van der Waals surface area (Å²) in [6, 6.07) is 27.2. The minimum Gasteiger partial charge on any atom is -0.507 e. The number of phenolic OH excluding ortho intramolecular Hbond substituents is 1. The zero-order chi connectivity index (χ0) is 18.9. The maximum absolute atomic E-state index is 10.1. The van der Waals surface area contributed by atoms with Crippen LogP contribution in [0.25, 0.3) is 44.8 Å². The van der Waals surface area contributed by atoms with E-state index >= 15 is 0 Å². The quantitative estimate of drug-likeness (QED) is 0.434. The van der Waals surface area contributed by atoms with Crippen molar-refractivity contribution in [2.24, 2.45) is 0 Å². The van der Waals surface area contributed by atoms with E-state index in [-0.39, 0.29) is 5.75 Å². The van der Waals surface area contributed by atoms with E-state index in [1.807, 2.05) is 54.6 Å². The summed E-state index contributed by atoms with van der Waals surface area (Å²) in [7, 11) is 0. The number of H-pyrrole nitrogens is 1. The number of nitrogens with zero attached hydrogens (tertiary/aromatic N) is 2. The molecule has 0 unspecified atom stereocenters. The van der Waals surface area contributed by atoms with Gasteiger partial charge in [0.05, 0.1) is 28.3 Å². The Morgan fingerprint density at radius 2 is 1.43 bits per heavy atom. The Kier molecular flexibility index (Phi) is 3.87. The summed E-state index contributed by atoms with van der Waals surface area (Å²) in [4.78, 5) is 12.8. The van der Waals surface area contributed by atoms with Crippen LogP contribution in [0, 0.1) is 0 Å². The number of para-hydroxylation sites is 2. The first-order valence-corrected chi connectivity index (χ1v) is 9.08. The molecule has 5 aromatic rings. The Balaban J connectivity index is 1.63. The maximum atomic E-state index is 10.1. The highest BCUT2D eigenvalue weighted by atomic mass is 16.3. The molecular formula is C24H17N3O. The van der Waals surface area contributed by atoms with Crippen LogP contribution in [0.2, 0.25) is 0 Å². The van der Waals surface area contributed by atoms with Gasteiger partial charge in [0.15, 0.2) is 0 Å². The summed E-state index contributed by atoms with van der Waals surface area (Å²) in [6.45, 7) is 0. The summed E-state index contributed by atoms with van der Waals surface area (Å²) in [6.07, 6.45) is 1.80. The van der Waals surface area contributed by atoms with Crippen molar-refractivity contribution in [2.45, 2.75) is 0 Å². The van der Waals surface area contributed by atoms with Crippen LogP contribution >= 0.6 is 0 Å². The van der Waals surface area contributed by atoms with Crippen molar-refractivity contribution in [3.05, 3.63) is 91.1 Å². The van der Waals surface area contributed by atoms with Gasteiger partial charge < -0.3 is 10.1 Å². The average molecular weight is 363 g/mol. The molecule has 3 aromatic heterocycles. The second-order valence-corrected chi connectivity index (χ2v) is 6.59. The van der Waals surface area contributed by atoms with Crippen molar-refractivity contribution in [1.29, 1.82) is 0 Å². The molecule has 2 aromatic carbocycles. The summed E-state index contributed by atoms with van der Waals surface area (Å²) >= 11 is 0. The molecule has 0 saturated heterocycles. The second-order valence-electron chi connectivity index (χ2n) is 6.59. The molecule has 0 bridgehead atoms. The third-order valence-electron chi connectivity index (χ3n) is 4.80. The monoisotopic (exact) mass is 363 g/mol. The van der Waals surface area contributed by atoms with Crippen LogP contribution in [0.1, 0.15) is 0 Å². The fourth-order valence-corrected chi connectivity index (χ4v) is 3.45. The first-order valence-electron chi connectivity index (χ1n) is 9.08. The zero-order valence-electron chi connectivity index (χ0n) is 15.0. The summed E-state index contributed by atoms with van der Waals surface area (Å²) in [5, 5.41) is 11.3. The number of nitrogens with one attached hydrogen (secondary N) is 1. The van der Waals surface area contributed by atoms with Crippen molar-refractivity contribution in [3.8, 4) is 39.7 Å². The highest BCUT2D eigenvalue weighted by Gasteiger charge is 2.11. The van der Waals surface area contributed by atoms with Crippen molar-refractivity contribution in [3.63, 3.8) is 0 Å². The first kappa shape index (κ1) is 16.3. The molecule has 0 atom stereocenters. The smallest absolute Gasteiger partial charge is 0.124 e. The minimum absolute atomic E-state index is 0.223. The van der Waals surface area contributed by atoms with E-state index in [9.17, 15) is 5.11 Å². The van der Waals surface area contributed by atoms with Gasteiger partial charge in [0.2, 0.25) is 0 Å². The number of hydrogen-bond donors (Lipinski definition) is 2. The predicted molar refractivity (Wildman–Crippen MR) is 112 cm³/mol. The number of aromatic hydroxyl groups is 1. The Hall–Kier alpha value is -3.92. The van der Waals surface area contributed by atoms with E-state index in [1.165, 1.54) is 0 Å². The van der Waals surface area contributed by atoms with Crippen LogP contribution in [0.4, 0.5) is 0 Å². The lowest BCUT2D eigenvalue weighted by Crippen LogP contribution is -1.88. The van der Waals surface area contributed by atoms with E-state index in [2.05, 4.69) is 28.2 Å². The number of pyridine rings is 2. The van der Waals surface area contributed by atoms with Gasteiger partial charge in [-0.2, -0.15) is 0 Å². The van der Waals surface area contributed by atoms with Crippen molar-refractivity contribution in [2.75, 3.05) is 0 Å². The van der Waals surface area contributed by atoms with Crippen LogP contribution < -0.4 is 0 Å². The number of benzene rings is 2. The van der Waals surface area contributed by atoms with Gasteiger partial charge in [-0.25, -0.2) is 4.98 Å². The number of fused-ring (bicyclic) bond motifs is 1. The lowest BCUT2D eigenvalue weighted by Gasteiger charge is -2.05. The minimum atomic E-state index is 0.223. The standard InChI is InChI=1S/C24H17N3O/c28-23-13-2-1-8-17(23)20-11-6-12-21(26-20)22-15-16-7-5-9-18(24(16)27-22)19-10-3-4-14-25-19/h1-15,27-28H. The third kappa shape index (κ3) is 2.81. The van der Waals surface area contributed by atoms with Gasteiger partial charge in [-0.15, -0.1) is 0 Å². The van der Waals surface area contributed by atoms with Crippen molar-refractivity contribution in [1.82, 2.24) is 15.0 Å². The first-order chi connectivity index (χ1) is 13.8. The fourth-order valence-electron chi connectivity index (χ4n) is 3.45. The lowest BCUT2D eigenvalue weighted by molar-refractivity contribution is 0.477. The summed E-state index contributed by atoms with van der Waals surface area (Å²) in [5.74, 6) is 0.223. The molecule has 0 radical (unpaired) electrons. The molecule has 2 N–H and O–H groups in total. The van der Waals surface area contributed by atoms with Gasteiger partial charge in [0.25, 0.3) is 0 Å². The molecule has 4 heteroatoms. The number of aromatic amines is 1. The molecule has 4 nitrogen and oxygen atoms in total. The number of phenols is 1. The van der Waals surface area contributed by atoms with E-state index < -0.39 is 0 Å². The summed E-state index contributed by atoms with van der Waals surface area (Å²) in [5.41, 5.74) is 6.22. The molecular weight excluding hydrogens is 346 g/mol. The molecule has 5 rings (SSSR count). The summed E-state index contributed by atoms with van der Waals surface area (Å²) < 4.78 is 0. The molecule has 3 heterocycles. The lowest BCUT2D eigenvalue weighted by atomic mass is 10.1. The van der Waals surface area contributed by atoms with Gasteiger partial charge >= 0.3 is 0 Å². The van der Waals surface area contributed by atoms with Gasteiger partial charge in [-0.1, -0.05) is 42.5 Å². The molecule has 0 aliphatic heterocycles. The third-order valence-corrected chi connectivity index (χ3v) is 4.80. The van der Waals surface area contributed by atoms with E-state index in [0.717, 1.165) is 44.8 Å². The molecule has 0 saturated carbocycles. The molecule has 28 heavy (non-hydrogen) atoms. The molecule has 0 aliphatic carbocycles. The van der Waals surface area contributed by atoms with Crippen LogP contribution in [0.3, 0.4) is 0 Å². The number of hydrogen-bond acceptors (Lipinski definition) is 3. The maximum Gasteiger partial charge on any atom is 0.124 e. The largest absolute Gasteiger partial charge is 0.507 e. The highest BCUT2D eigenvalue weighted by molar-refractivity contribution is 5.96. The van der Waals surface area contributed by atoms with Crippen LogP contribution in [0.5, 0.6) is 5.75 Å². The zero-order valence-corrected chi connectivity index (χ0v) is 15.0. The Bertz CT molecular complexity index is 1280. The van der Waals surface area contributed by atoms with Crippen LogP contribution in [0.15, 0.2) is 91.1 Å². The molecule has 0 aliphatic rings. The van der Waals surface area contributed by atoms with Crippen molar-refractivity contribution >= 4 is 10.9 Å². The molecule has 0 fully saturated rings. The number of aromatic nitrogens is 3.